The molecule has 0 radical (unpaired) electrons. The number of nitrogens with zero attached hydrogens (tertiary/aromatic N) is 3. The van der Waals surface area contributed by atoms with Crippen LogP contribution >= 0.6 is 0 Å². The van der Waals surface area contributed by atoms with Crippen LogP contribution < -0.4 is 9.64 Å². The summed E-state index contributed by atoms with van der Waals surface area (Å²) in [7, 11) is 5.67. The number of nitro groups is 1. The van der Waals surface area contributed by atoms with E-state index in [4.69, 9.17) is 4.74 Å². The third-order valence-corrected chi connectivity index (χ3v) is 4.49. The zero-order valence-corrected chi connectivity index (χ0v) is 14.3. The van der Waals surface area contributed by atoms with Gasteiger partial charge in [0, 0.05) is 42.5 Å². The Labute approximate surface area is 137 Å². The number of rotatable bonds is 5. The second kappa shape index (κ2) is 7.00. The first-order chi connectivity index (χ1) is 10.8. The lowest BCUT2D eigenvalue weighted by Gasteiger charge is -2.37. The standard InChI is InChI=1S/C17H25N3O3/c1-12(2)14-10-16(20(21)22)17(23-5)11-15(14)19-8-6-13(7-9-19)18(3)4/h10-11,13H,1,6-9H2,2-5H3. The Hall–Kier alpha value is -2.08. The van der Waals surface area contributed by atoms with Crippen LogP contribution in [0, 0.1) is 10.1 Å². The predicted octanol–water partition coefficient (Wildman–Crippen LogP) is 3.17. The minimum atomic E-state index is -0.409. The summed E-state index contributed by atoms with van der Waals surface area (Å²) < 4.78 is 5.23. The predicted molar refractivity (Wildman–Crippen MR) is 93.3 cm³/mol. The fourth-order valence-corrected chi connectivity index (χ4v) is 3.09. The molecule has 0 saturated carbocycles. The first kappa shape index (κ1) is 17.3. The molecule has 0 spiro atoms. The number of methoxy groups -OCH3 is 1. The van der Waals surface area contributed by atoms with Crippen molar-refractivity contribution in [1.29, 1.82) is 0 Å². The molecule has 1 aromatic carbocycles. The molecule has 1 fully saturated rings. The lowest BCUT2D eigenvalue weighted by Crippen LogP contribution is -2.42. The number of ether oxygens (including phenoxy) is 1. The van der Waals surface area contributed by atoms with Crippen LogP contribution in [0.2, 0.25) is 0 Å². The third kappa shape index (κ3) is 3.64. The number of hydrogen-bond acceptors (Lipinski definition) is 5. The average molecular weight is 319 g/mol. The fourth-order valence-electron chi connectivity index (χ4n) is 3.09. The maximum absolute atomic E-state index is 11.2. The summed E-state index contributed by atoms with van der Waals surface area (Å²) in [5, 5.41) is 11.2. The van der Waals surface area contributed by atoms with Crippen LogP contribution in [0.4, 0.5) is 11.4 Å². The molecule has 1 aliphatic rings. The van der Waals surface area contributed by atoms with Gasteiger partial charge in [-0.2, -0.15) is 0 Å². The van der Waals surface area contributed by atoms with Crippen molar-refractivity contribution in [2.24, 2.45) is 0 Å². The molecule has 0 amide bonds. The summed E-state index contributed by atoms with van der Waals surface area (Å²) in [6.45, 7) is 7.70. The van der Waals surface area contributed by atoms with Gasteiger partial charge >= 0.3 is 5.69 Å². The van der Waals surface area contributed by atoms with E-state index < -0.39 is 4.92 Å². The lowest BCUT2D eigenvalue weighted by molar-refractivity contribution is -0.385. The van der Waals surface area contributed by atoms with Crippen LogP contribution in [0.3, 0.4) is 0 Å². The highest BCUT2D eigenvalue weighted by molar-refractivity contribution is 5.79. The summed E-state index contributed by atoms with van der Waals surface area (Å²) in [5.41, 5.74) is 2.59. The molecule has 1 aliphatic heterocycles. The highest BCUT2D eigenvalue weighted by Gasteiger charge is 2.26. The van der Waals surface area contributed by atoms with Crippen molar-refractivity contribution in [2.45, 2.75) is 25.8 Å². The number of hydrogen-bond donors (Lipinski definition) is 0. The van der Waals surface area contributed by atoms with Crippen LogP contribution in [-0.2, 0) is 0 Å². The molecule has 6 nitrogen and oxygen atoms in total. The average Bonchev–Trinajstić information content (AvgIpc) is 2.53. The third-order valence-electron chi connectivity index (χ3n) is 4.49. The van der Waals surface area contributed by atoms with E-state index in [1.54, 1.807) is 12.1 Å². The lowest BCUT2D eigenvalue weighted by atomic mass is 9.99. The first-order valence-corrected chi connectivity index (χ1v) is 7.78. The highest BCUT2D eigenvalue weighted by Crippen LogP contribution is 2.38. The maximum Gasteiger partial charge on any atom is 0.311 e. The normalized spacial score (nSPS) is 15.8. The Morgan fingerprint density at radius 3 is 2.43 bits per heavy atom. The Balaban J connectivity index is 2.38. The molecular weight excluding hydrogens is 294 g/mol. The number of allylic oxidation sites excluding steroid dienone is 1. The summed E-state index contributed by atoms with van der Waals surface area (Å²) >= 11 is 0. The molecule has 1 aromatic rings. The van der Waals surface area contributed by atoms with E-state index in [0.717, 1.165) is 42.8 Å². The molecule has 0 unspecified atom stereocenters. The SMILES string of the molecule is C=C(C)c1cc([N+](=O)[O-])c(OC)cc1N1CCC(N(C)C)CC1. The van der Waals surface area contributed by atoms with Crippen molar-refractivity contribution in [3.05, 3.63) is 34.4 Å². The van der Waals surface area contributed by atoms with Gasteiger partial charge in [0.15, 0.2) is 5.75 Å². The molecule has 1 heterocycles. The van der Waals surface area contributed by atoms with Crippen molar-refractivity contribution in [3.8, 4) is 5.75 Å². The Morgan fingerprint density at radius 1 is 1.39 bits per heavy atom. The molecule has 1 saturated heterocycles. The zero-order chi connectivity index (χ0) is 17.1. The molecule has 0 N–H and O–H groups in total. The topological polar surface area (TPSA) is 58.9 Å². The van der Waals surface area contributed by atoms with Gasteiger partial charge in [-0.15, -0.1) is 0 Å². The molecule has 0 aromatic heterocycles. The van der Waals surface area contributed by atoms with Crippen molar-refractivity contribution in [3.63, 3.8) is 0 Å². The van der Waals surface area contributed by atoms with Crippen molar-refractivity contribution < 1.29 is 9.66 Å². The Morgan fingerprint density at radius 2 is 2.00 bits per heavy atom. The molecule has 23 heavy (non-hydrogen) atoms. The van der Waals surface area contributed by atoms with E-state index in [-0.39, 0.29) is 5.69 Å². The van der Waals surface area contributed by atoms with Gasteiger partial charge in [-0.3, -0.25) is 10.1 Å². The van der Waals surface area contributed by atoms with E-state index >= 15 is 0 Å². The van der Waals surface area contributed by atoms with Crippen molar-refractivity contribution >= 4 is 16.9 Å². The number of nitro benzene ring substituents is 1. The second-order valence-electron chi connectivity index (χ2n) is 6.26. The van der Waals surface area contributed by atoms with Gasteiger partial charge in [-0.1, -0.05) is 6.58 Å². The summed E-state index contributed by atoms with van der Waals surface area (Å²) in [6, 6.07) is 3.94. The van der Waals surface area contributed by atoms with Gasteiger partial charge in [0.1, 0.15) is 0 Å². The van der Waals surface area contributed by atoms with Crippen LogP contribution in [0.1, 0.15) is 25.3 Å². The Bertz CT molecular complexity index is 605. The van der Waals surface area contributed by atoms with Crippen LogP contribution in [-0.4, -0.2) is 50.2 Å². The molecule has 2 rings (SSSR count). The molecule has 0 atom stereocenters. The number of piperidine rings is 1. The van der Waals surface area contributed by atoms with E-state index in [1.165, 1.54) is 7.11 Å². The quantitative estimate of drug-likeness (QED) is 0.616. The van der Waals surface area contributed by atoms with Gasteiger partial charge < -0.3 is 14.5 Å². The molecule has 126 valence electrons. The van der Waals surface area contributed by atoms with Crippen molar-refractivity contribution in [2.75, 3.05) is 39.2 Å². The zero-order valence-electron chi connectivity index (χ0n) is 14.3. The van der Waals surface area contributed by atoms with Crippen LogP contribution in [0.5, 0.6) is 5.75 Å². The minimum Gasteiger partial charge on any atom is -0.490 e. The van der Waals surface area contributed by atoms with Gasteiger partial charge in [0.25, 0.3) is 0 Å². The van der Waals surface area contributed by atoms with E-state index in [1.807, 2.05) is 6.92 Å². The number of benzene rings is 1. The van der Waals surface area contributed by atoms with Crippen molar-refractivity contribution in [1.82, 2.24) is 4.90 Å². The van der Waals surface area contributed by atoms with E-state index in [9.17, 15) is 10.1 Å². The summed E-state index contributed by atoms with van der Waals surface area (Å²) in [5.74, 6) is 0.296. The summed E-state index contributed by atoms with van der Waals surface area (Å²) in [6.07, 6.45) is 2.14. The monoisotopic (exact) mass is 319 g/mol. The van der Waals surface area contributed by atoms with Gasteiger partial charge in [-0.25, -0.2) is 0 Å². The first-order valence-electron chi connectivity index (χ1n) is 7.78. The maximum atomic E-state index is 11.2. The molecule has 0 aliphatic carbocycles. The number of anilines is 1. The molecule has 0 bridgehead atoms. The second-order valence-corrected chi connectivity index (χ2v) is 6.26. The van der Waals surface area contributed by atoms with E-state index in [0.29, 0.717) is 11.8 Å². The Kier molecular flexibility index (Phi) is 5.26. The minimum absolute atomic E-state index is 0.0163. The van der Waals surface area contributed by atoms with Gasteiger partial charge in [0.05, 0.1) is 12.0 Å². The molecule has 6 heteroatoms. The van der Waals surface area contributed by atoms with Crippen LogP contribution in [0.25, 0.3) is 5.57 Å². The smallest absolute Gasteiger partial charge is 0.311 e. The van der Waals surface area contributed by atoms with Crippen LogP contribution in [0.15, 0.2) is 18.7 Å². The fraction of sp³-hybridized carbons (Fsp3) is 0.529. The van der Waals surface area contributed by atoms with Gasteiger partial charge in [0.2, 0.25) is 0 Å². The van der Waals surface area contributed by atoms with Gasteiger partial charge in [-0.05, 0) is 39.4 Å². The highest BCUT2D eigenvalue weighted by atomic mass is 16.6. The summed E-state index contributed by atoms with van der Waals surface area (Å²) in [4.78, 5) is 15.4. The van der Waals surface area contributed by atoms with E-state index in [2.05, 4.69) is 30.5 Å². The molecular formula is C17H25N3O3. The largest absolute Gasteiger partial charge is 0.490 e.